The fraction of sp³-hybridized carbons (Fsp3) is 0.843. The summed E-state index contributed by atoms with van der Waals surface area (Å²) in [4.78, 5) is 111. The molecule has 0 rings (SSSR count). The van der Waals surface area contributed by atoms with Crippen LogP contribution < -0.4 is 38.1 Å². The summed E-state index contributed by atoms with van der Waals surface area (Å²) in [5.41, 5.74) is 7.59. The van der Waals surface area contributed by atoms with Crippen molar-refractivity contribution in [1.29, 1.82) is 0 Å². The van der Waals surface area contributed by atoms with Gasteiger partial charge in [0.15, 0.2) is 0 Å². The number of carbonyl (C=O) groups is 8. The van der Waals surface area contributed by atoms with Crippen molar-refractivity contribution in [2.24, 2.45) is 51.4 Å². The van der Waals surface area contributed by atoms with E-state index in [1.165, 1.54) is 0 Å². The summed E-state index contributed by atoms with van der Waals surface area (Å²) in [7, 11) is 0. The third kappa shape index (κ3) is 26.9. The lowest BCUT2D eigenvalue weighted by atomic mass is 9.67. The van der Waals surface area contributed by atoms with Gasteiger partial charge in [0.2, 0.25) is 11.8 Å². The van der Waals surface area contributed by atoms with E-state index in [9.17, 15) is 38.4 Å². The van der Waals surface area contributed by atoms with Gasteiger partial charge in [0.25, 0.3) is 0 Å². The lowest BCUT2D eigenvalue weighted by molar-refractivity contribution is -0.152. The van der Waals surface area contributed by atoms with E-state index in [2.05, 4.69) is 26.6 Å². The second-order valence-corrected chi connectivity index (χ2v) is 20.3. The molecule has 17 heteroatoms. The Morgan fingerprint density at radius 1 is 0.500 bits per heavy atom. The number of hydrogen-bond acceptors (Lipinski definition) is 15. The molecule has 4 atom stereocenters. The monoisotopic (exact) mass is 966 g/mol. The number of carbonyl (C=O) groups excluding carboxylic acids is 8. The van der Waals surface area contributed by atoms with Gasteiger partial charge in [-0.15, -0.1) is 0 Å². The van der Waals surface area contributed by atoms with E-state index >= 15 is 0 Å². The molecule has 0 aliphatic carbocycles. The van der Waals surface area contributed by atoms with Gasteiger partial charge in [-0.1, -0.05) is 88.5 Å². The van der Waals surface area contributed by atoms with Gasteiger partial charge in [-0.3, -0.25) is 38.4 Å². The molecule has 4 unspecified atom stereocenters. The molecule has 0 fully saturated rings. The van der Waals surface area contributed by atoms with Gasteiger partial charge in [-0.25, -0.2) is 0 Å². The van der Waals surface area contributed by atoms with Gasteiger partial charge in [0, 0.05) is 106 Å². The lowest BCUT2D eigenvalue weighted by Crippen LogP contribution is -2.44. The van der Waals surface area contributed by atoms with Gasteiger partial charge in [-0.2, -0.15) is 0 Å². The quantitative estimate of drug-likeness (QED) is 0.0331. The Balaban J connectivity index is 6.80. The SMILES string of the molecule is CCCCNCC(=O)C(CC(=O)NCCNCCN)CC(C)(C)C(=O)CC(CC(C)(C)C(=O)C(CC(=O)OCCCC)CC(C)(C)C(=O)CC(CC)C(=O)OCCCC)C(=O)NCCNCCN. The van der Waals surface area contributed by atoms with Crippen molar-refractivity contribution in [3.63, 3.8) is 0 Å². The van der Waals surface area contributed by atoms with Crippen LogP contribution in [-0.2, 0) is 47.8 Å². The van der Waals surface area contributed by atoms with E-state index in [4.69, 9.17) is 20.9 Å². The Morgan fingerprint density at radius 2 is 1.00 bits per heavy atom. The minimum absolute atomic E-state index is 0.0194. The Kier molecular flexibility index (Phi) is 33.6. The first-order valence-electron chi connectivity index (χ1n) is 25.6. The molecule has 0 saturated heterocycles. The van der Waals surface area contributed by atoms with Crippen molar-refractivity contribution in [2.45, 2.75) is 159 Å². The van der Waals surface area contributed by atoms with Crippen LogP contribution in [0.5, 0.6) is 0 Å². The van der Waals surface area contributed by atoms with E-state index in [1.807, 2.05) is 27.7 Å². The van der Waals surface area contributed by atoms with Gasteiger partial charge < -0.3 is 47.5 Å². The lowest BCUT2D eigenvalue weighted by Gasteiger charge is -2.35. The predicted octanol–water partition coefficient (Wildman–Crippen LogP) is 4.35. The minimum Gasteiger partial charge on any atom is -0.466 e. The molecule has 0 heterocycles. The van der Waals surface area contributed by atoms with Crippen LogP contribution in [0.2, 0.25) is 0 Å². The fourth-order valence-corrected chi connectivity index (χ4v) is 8.08. The highest BCUT2D eigenvalue weighted by atomic mass is 16.5. The van der Waals surface area contributed by atoms with Crippen LogP contribution in [0.4, 0.5) is 0 Å². The normalized spacial score (nSPS) is 13.8. The molecule has 0 radical (unpaired) electrons. The zero-order chi connectivity index (χ0) is 51.8. The smallest absolute Gasteiger partial charge is 0.309 e. The van der Waals surface area contributed by atoms with Crippen molar-refractivity contribution < 1.29 is 47.8 Å². The number of rotatable bonds is 43. The number of amides is 2. The molecule has 0 aliphatic heterocycles. The number of nitrogens with one attached hydrogen (secondary N) is 5. The zero-order valence-corrected chi connectivity index (χ0v) is 43.9. The zero-order valence-electron chi connectivity index (χ0n) is 43.9. The summed E-state index contributed by atoms with van der Waals surface area (Å²) < 4.78 is 10.9. The van der Waals surface area contributed by atoms with Crippen LogP contribution >= 0.6 is 0 Å². The van der Waals surface area contributed by atoms with E-state index in [1.54, 1.807) is 41.5 Å². The molecular weight excluding hydrogens is 871 g/mol. The van der Waals surface area contributed by atoms with Gasteiger partial charge in [0.05, 0.1) is 32.1 Å². The molecule has 0 bridgehead atoms. The molecule has 2 amide bonds. The summed E-state index contributed by atoms with van der Waals surface area (Å²) in [6.07, 6.45) is 4.41. The Labute approximate surface area is 409 Å². The number of ketones is 4. The average molecular weight is 966 g/mol. The van der Waals surface area contributed by atoms with Gasteiger partial charge >= 0.3 is 11.9 Å². The summed E-state index contributed by atoms with van der Waals surface area (Å²) in [5, 5.41) is 15.2. The topological polar surface area (TPSA) is 267 Å². The van der Waals surface area contributed by atoms with Crippen molar-refractivity contribution >= 4 is 46.9 Å². The molecule has 0 aromatic heterocycles. The van der Waals surface area contributed by atoms with Crippen molar-refractivity contribution in [3.8, 4) is 0 Å². The number of ether oxygens (including phenoxy) is 2. The maximum Gasteiger partial charge on any atom is 0.309 e. The Bertz CT molecular complexity index is 1540. The maximum absolute atomic E-state index is 14.9. The summed E-state index contributed by atoms with van der Waals surface area (Å²) in [6.45, 7) is 22.6. The Hall–Kier alpha value is -3.64. The first-order valence-corrected chi connectivity index (χ1v) is 25.6. The van der Waals surface area contributed by atoms with Gasteiger partial charge in [-0.05, 0) is 51.5 Å². The first-order chi connectivity index (χ1) is 32.1. The average Bonchev–Trinajstić information content (AvgIpc) is 3.28. The largest absolute Gasteiger partial charge is 0.466 e. The molecule has 0 saturated carbocycles. The second kappa shape index (κ2) is 35.5. The molecule has 0 aromatic carbocycles. The van der Waals surface area contributed by atoms with Crippen LogP contribution in [-0.4, -0.2) is 126 Å². The third-order valence-corrected chi connectivity index (χ3v) is 12.6. The van der Waals surface area contributed by atoms with Crippen molar-refractivity contribution in [2.75, 3.05) is 78.7 Å². The van der Waals surface area contributed by atoms with Crippen molar-refractivity contribution in [3.05, 3.63) is 0 Å². The minimum atomic E-state index is -1.29. The number of unbranched alkanes of at least 4 members (excludes halogenated alkanes) is 3. The molecule has 394 valence electrons. The van der Waals surface area contributed by atoms with Crippen molar-refractivity contribution in [1.82, 2.24) is 26.6 Å². The molecule has 17 nitrogen and oxygen atoms in total. The molecular formula is C51H95N7O10. The van der Waals surface area contributed by atoms with E-state index in [0.717, 1.165) is 25.7 Å². The standard InChI is InChI=1S/C51H95N7O10/c1-11-15-20-56-36-41(59)38(31-44(62)57-25-23-54-21-18-52)33-49(5,6)43(61)30-40(47(65)58-26-24-55-22-19-53)35-51(9,10)46(64)39(32-45(63)67-27-16-12-2)34-50(7,8)42(60)29-37(14-4)48(66)68-28-17-13-3/h37-40,54-56H,11-36,52-53H2,1-10H3,(H,57,62)(H,58,65). The van der Waals surface area contributed by atoms with E-state index < -0.39 is 57.8 Å². The number of esters is 2. The molecule has 0 aliphatic rings. The summed E-state index contributed by atoms with van der Waals surface area (Å²) >= 11 is 0. The van der Waals surface area contributed by atoms with Crippen LogP contribution in [0.1, 0.15) is 159 Å². The van der Waals surface area contributed by atoms with Gasteiger partial charge in [0.1, 0.15) is 23.1 Å². The Morgan fingerprint density at radius 3 is 1.53 bits per heavy atom. The highest BCUT2D eigenvalue weighted by Gasteiger charge is 2.44. The molecule has 0 aromatic rings. The van der Waals surface area contributed by atoms with Crippen LogP contribution in [0.15, 0.2) is 0 Å². The van der Waals surface area contributed by atoms with Crippen LogP contribution in [0.3, 0.4) is 0 Å². The first kappa shape index (κ1) is 64.4. The molecule has 0 spiro atoms. The highest BCUT2D eigenvalue weighted by Crippen LogP contribution is 2.40. The number of nitrogens with two attached hydrogens (primary N) is 2. The third-order valence-electron chi connectivity index (χ3n) is 12.6. The van der Waals surface area contributed by atoms with Crippen LogP contribution in [0.25, 0.3) is 0 Å². The van der Waals surface area contributed by atoms with E-state index in [-0.39, 0.29) is 100 Å². The second-order valence-electron chi connectivity index (χ2n) is 20.3. The summed E-state index contributed by atoms with van der Waals surface area (Å²) in [5.74, 6) is -6.34. The summed E-state index contributed by atoms with van der Waals surface area (Å²) in [6, 6.07) is 0. The predicted molar refractivity (Wildman–Crippen MR) is 267 cm³/mol. The molecule has 9 N–H and O–H groups in total. The number of hydrogen-bond donors (Lipinski definition) is 7. The van der Waals surface area contributed by atoms with Crippen LogP contribution in [0, 0.1) is 39.9 Å². The highest BCUT2D eigenvalue weighted by molar-refractivity contribution is 5.94. The van der Waals surface area contributed by atoms with E-state index in [0.29, 0.717) is 71.6 Å². The molecule has 68 heavy (non-hydrogen) atoms. The fourth-order valence-electron chi connectivity index (χ4n) is 8.08. The maximum atomic E-state index is 14.9. The number of Topliss-reactive ketones (excluding diaryl/α,β-unsaturated/α-hetero) is 4.